The Bertz CT molecular complexity index is 246. The van der Waals surface area contributed by atoms with Crippen molar-refractivity contribution in [3.05, 3.63) is 0 Å². The molecule has 0 unspecified atom stereocenters. The molecule has 0 bridgehead atoms. The third-order valence-electron chi connectivity index (χ3n) is 4.28. The van der Waals surface area contributed by atoms with Gasteiger partial charge in [0.2, 0.25) is 0 Å². The highest BCUT2D eigenvalue weighted by Crippen LogP contribution is 2.43. The highest BCUT2D eigenvalue weighted by atomic mass is 28.4. The van der Waals surface area contributed by atoms with Crippen molar-refractivity contribution >= 4 is 8.56 Å². The van der Waals surface area contributed by atoms with E-state index in [1.165, 1.54) is 44.9 Å². The first-order chi connectivity index (χ1) is 9.43. The van der Waals surface area contributed by atoms with Gasteiger partial charge in [-0.2, -0.15) is 0 Å². The molecular weight excluding hydrogens is 264 g/mol. The van der Waals surface area contributed by atoms with Crippen molar-refractivity contribution in [2.24, 2.45) is 5.41 Å². The van der Waals surface area contributed by atoms with Gasteiger partial charge in [0.25, 0.3) is 0 Å². The van der Waals surface area contributed by atoms with Crippen LogP contribution >= 0.6 is 0 Å². The smallest absolute Gasteiger partial charge is 0.341 e. The molecule has 0 saturated heterocycles. The van der Waals surface area contributed by atoms with Gasteiger partial charge >= 0.3 is 8.56 Å². The van der Waals surface area contributed by atoms with E-state index in [-0.39, 0.29) is 0 Å². The molecule has 0 aliphatic heterocycles. The molecule has 1 fully saturated rings. The van der Waals surface area contributed by atoms with Gasteiger partial charge in [0.1, 0.15) is 0 Å². The van der Waals surface area contributed by atoms with E-state index < -0.39 is 8.56 Å². The van der Waals surface area contributed by atoms with Crippen LogP contribution in [-0.2, 0) is 8.85 Å². The lowest BCUT2D eigenvalue weighted by Crippen LogP contribution is -2.49. The molecule has 0 aromatic rings. The highest BCUT2D eigenvalue weighted by molar-refractivity contribution is 6.69. The molecule has 0 spiro atoms. The van der Waals surface area contributed by atoms with Gasteiger partial charge in [-0.05, 0) is 38.1 Å². The number of rotatable bonds is 6. The summed E-state index contributed by atoms with van der Waals surface area (Å²) in [5.74, 6) is 0. The SMILES string of the molecule is CCO[Si](CC(C)(C)C)(OCC)C1CCCCCCC1. The molecule has 3 heteroatoms. The minimum atomic E-state index is -2.08. The molecule has 1 aliphatic rings. The first-order valence-electron chi connectivity index (χ1n) is 8.71. The van der Waals surface area contributed by atoms with E-state index in [2.05, 4.69) is 34.6 Å². The van der Waals surface area contributed by atoms with Crippen LogP contribution in [0.5, 0.6) is 0 Å². The predicted octanol–water partition coefficient (Wildman–Crippen LogP) is 5.66. The molecule has 1 rings (SSSR count). The Kier molecular flexibility index (Phi) is 7.77. The van der Waals surface area contributed by atoms with Gasteiger partial charge in [0.15, 0.2) is 0 Å². The molecule has 2 nitrogen and oxygen atoms in total. The first-order valence-corrected chi connectivity index (χ1v) is 10.8. The normalized spacial score (nSPS) is 19.6. The lowest BCUT2D eigenvalue weighted by Gasteiger charge is -2.41. The van der Waals surface area contributed by atoms with Crippen molar-refractivity contribution < 1.29 is 8.85 Å². The van der Waals surface area contributed by atoms with Gasteiger partial charge in [-0.3, -0.25) is 0 Å². The van der Waals surface area contributed by atoms with Crippen LogP contribution in [0, 0.1) is 5.41 Å². The summed E-state index contributed by atoms with van der Waals surface area (Å²) in [6.07, 6.45) is 9.59. The summed E-state index contributed by atoms with van der Waals surface area (Å²) < 4.78 is 12.8. The van der Waals surface area contributed by atoms with E-state index in [9.17, 15) is 0 Å². The standard InChI is InChI=1S/C17H36O2Si/c1-6-18-20(19-7-2,15-17(3,4)5)16-13-11-9-8-10-12-14-16/h16H,6-15H2,1-5H3. The highest BCUT2D eigenvalue weighted by Gasteiger charge is 2.47. The summed E-state index contributed by atoms with van der Waals surface area (Å²) in [4.78, 5) is 0. The molecule has 1 aliphatic carbocycles. The van der Waals surface area contributed by atoms with Gasteiger partial charge in [0.05, 0.1) is 0 Å². The zero-order valence-corrected chi connectivity index (χ0v) is 15.5. The van der Waals surface area contributed by atoms with Crippen molar-refractivity contribution in [2.75, 3.05) is 13.2 Å². The molecule has 0 amide bonds. The van der Waals surface area contributed by atoms with Crippen LogP contribution in [0.3, 0.4) is 0 Å². The van der Waals surface area contributed by atoms with Crippen molar-refractivity contribution in [2.45, 2.75) is 91.1 Å². The fraction of sp³-hybridized carbons (Fsp3) is 1.00. The van der Waals surface area contributed by atoms with Gasteiger partial charge in [0, 0.05) is 18.8 Å². The molecule has 0 heterocycles. The fourth-order valence-electron chi connectivity index (χ4n) is 3.65. The fourth-order valence-corrected chi connectivity index (χ4v) is 8.44. The van der Waals surface area contributed by atoms with E-state index in [1.807, 2.05) is 0 Å². The third kappa shape index (κ3) is 5.86. The van der Waals surface area contributed by atoms with Gasteiger partial charge in [-0.25, -0.2) is 0 Å². The van der Waals surface area contributed by atoms with Gasteiger partial charge in [-0.15, -0.1) is 0 Å². The van der Waals surface area contributed by atoms with E-state index in [4.69, 9.17) is 8.85 Å². The lowest BCUT2D eigenvalue weighted by atomic mass is 10.00. The predicted molar refractivity (Wildman–Crippen MR) is 89.3 cm³/mol. The minimum absolute atomic E-state index is 0.291. The quantitative estimate of drug-likeness (QED) is 0.589. The van der Waals surface area contributed by atoms with Crippen molar-refractivity contribution in [1.82, 2.24) is 0 Å². The van der Waals surface area contributed by atoms with E-state index in [0.717, 1.165) is 19.3 Å². The zero-order chi connectivity index (χ0) is 15.1. The maximum atomic E-state index is 6.40. The van der Waals surface area contributed by atoms with E-state index >= 15 is 0 Å². The monoisotopic (exact) mass is 300 g/mol. The summed E-state index contributed by atoms with van der Waals surface area (Å²) in [7, 11) is -2.08. The Morgan fingerprint density at radius 3 is 1.70 bits per heavy atom. The molecule has 0 N–H and O–H groups in total. The molecule has 1 saturated carbocycles. The zero-order valence-electron chi connectivity index (χ0n) is 14.5. The van der Waals surface area contributed by atoms with Crippen molar-refractivity contribution in [3.63, 3.8) is 0 Å². The average molecular weight is 301 g/mol. The molecular formula is C17H36O2Si. The van der Waals surface area contributed by atoms with Crippen LogP contribution < -0.4 is 0 Å². The minimum Gasteiger partial charge on any atom is -0.394 e. The number of hydrogen-bond donors (Lipinski definition) is 0. The second kappa shape index (κ2) is 8.55. The Morgan fingerprint density at radius 1 is 0.850 bits per heavy atom. The second-order valence-electron chi connectivity index (χ2n) is 7.46. The second-order valence-corrected chi connectivity index (χ2v) is 10.8. The summed E-state index contributed by atoms with van der Waals surface area (Å²) >= 11 is 0. The van der Waals surface area contributed by atoms with Crippen LogP contribution in [0.2, 0.25) is 11.6 Å². The maximum absolute atomic E-state index is 6.40. The topological polar surface area (TPSA) is 18.5 Å². The van der Waals surface area contributed by atoms with Crippen LogP contribution in [0.15, 0.2) is 0 Å². The Balaban J connectivity index is 2.91. The molecule has 0 atom stereocenters. The molecule has 0 aromatic heterocycles. The molecule has 0 aromatic carbocycles. The van der Waals surface area contributed by atoms with Crippen molar-refractivity contribution in [1.29, 1.82) is 0 Å². The summed E-state index contributed by atoms with van der Waals surface area (Å²) in [5.41, 5.74) is 0.987. The Labute approximate surface area is 127 Å². The number of hydrogen-bond acceptors (Lipinski definition) is 2. The summed E-state index contributed by atoms with van der Waals surface area (Å²) in [6.45, 7) is 12.9. The van der Waals surface area contributed by atoms with E-state index in [1.54, 1.807) is 0 Å². The molecule has 120 valence electrons. The average Bonchev–Trinajstić information content (AvgIpc) is 2.26. The van der Waals surface area contributed by atoms with Gasteiger partial charge < -0.3 is 8.85 Å². The summed E-state index contributed by atoms with van der Waals surface area (Å²) in [6, 6.07) is 1.13. The first kappa shape index (κ1) is 18.2. The Morgan fingerprint density at radius 2 is 1.30 bits per heavy atom. The lowest BCUT2D eigenvalue weighted by molar-refractivity contribution is 0.155. The van der Waals surface area contributed by atoms with Crippen molar-refractivity contribution in [3.8, 4) is 0 Å². The maximum Gasteiger partial charge on any atom is 0.341 e. The van der Waals surface area contributed by atoms with Gasteiger partial charge in [-0.1, -0.05) is 52.9 Å². The van der Waals surface area contributed by atoms with Crippen LogP contribution in [0.4, 0.5) is 0 Å². The van der Waals surface area contributed by atoms with Crippen LogP contribution in [-0.4, -0.2) is 21.8 Å². The summed E-state index contributed by atoms with van der Waals surface area (Å²) in [5, 5.41) is 0. The Hall–Kier alpha value is 0.137. The van der Waals surface area contributed by atoms with Crippen LogP contribution in [0.25, 0.3) is 0 Å². The third-order valence-corrected chi connectivity index (χ3v) is 9.21. The van der Waals surface area contributed by atoms with E-state index in [0.29, 0.717) is 11.0 Å². The van der Waals surface area contributed by atoms with Crippen LogP contribution in [0.1, 0.15) is 79.6 Å². The molecule has 0 radical (unpaired) electrons. The largest absolute Gasteiger partial charge is 0.394 e. The molecule has 20 heavy (non-hydrogen) atoms.